The number of carbonyl (C=O) groups is 1. The van der Waals surface area contributed by atoms with Crippen LogP contribution in [0.4, 0.5) is 10.5 Å². The Kier molecular flexibility index (Phi) is 6.06. The third-order valence-corrected chi connectivity index (χ3v) is 3.55. The number of hydrogen-bond donors (Lipinski definition) is 0. The molecule has 1 fully saturated rings. The molecule has 6 nitrogen and oxygen atoms in total. The molecule has 2 heterocycles. The summed E-state index contributed by atoms with van der Waals surface area (Å²) in [6.45, 7) is 10.5. The highest BCUT2D eigenvalue weighted by atomic mass is 16.6. The van der Waals surface area contributed by atoms with Crippen LogP contribution in [0, 0.1) is 0 Å². The van der Waals surface area contributed by atoms with E-state index in [-0.39, 0.29) is 6.09 Å². The quantitative estimate of drug-likeness (QED) is 0.793. The van der Waals surface area contributed by atoms with Gasteiger partial charge >= 0.3 is 6.09 Å². The number of carbonyl (C=O) groups excluding carboxylic acids is 1. The van der Waals surface area contributed by atoms with Gasteiger partial charge in [0.05, 0.1) is 24.3 Å². The Morgan fingerprint density at radius 2 is 2.00 bits per heavy atom. The summed E-state index contributed by atoms with van der Waals surface area (Å²) in [5, 5.41) is 0. The van der Waals surface area contributed by atoms with Crippen LogP contribution in [0.15, 0.2) is 30.8 Å². The van der Waals surface area contributed by atoms with Crippen molar-refractivity contribution in [1.82, 2.24) is 9.88 Å². The van der Waals surface area contributed by atoms with Gasteiger partial charge < -0.3 is 19.3 Å². The Morgan fingerprint density at radius 3 is 2.71 bits per heavy atom. The van der Waals surface area contributed by atoms with Gasteiger partial charge in [-0.05, 0) is 34.1 Å². The highest BCUT2D eigenvalue weighted by molar-refractivity contribution is 5.68. The normalized spacial score (nSPS) is 16.2. The first-order valence-corrected chi connectivity index (χ1v) is 8.35. The van der Waals surface area contributed by atoms with Crippen molar-refractivity contribution in [2.45, 2.75) is 39.7 Å². The number of pyridine rings is 1. The summed E-state index contributed by atoms with van der Waals surface area (Å²) in [5.74, 6) is 0.707. The van der Waals surface area contributed by atoms with E-state index in [9.17, 15) is 4.79 Å². The van der Waals surface area contributed by atoms with Gasteiger partial charge in [-0.3, -0.25) is 4.98 Å². The van der Waals surface area contributed by atoms with Gasteiger partial charge in [0.1, 0.15) is 11.4 Å². The summed E-state index contributed by atoms with van der Waals surface area (Å²) >= 11 is 0. The lowest BCUT2D eigenvalue weighted by molar-refractivity contribution is 0.0263. The molecule has 1 aromatic rings. The highest BCUT2D eigenvalue weighted by Crippen LogP contribution is 2.21. The smallest absolute Gasteiger partial charge is 0.410 e. The third-order valence-electron chi connectivity index (χ3n) is 3.55. The fourth-order valence-corrected chi connectivity index (χ4v) is 2.48. The molecule has 0 N–H and O–H groups in total. The summed E-state index contributed by atoms with van der Waals surface area (Å²) < 4.78 is 10.9. The number of nitrogens with zero attached hydrogens (tertiary/aromatic N) is 3. The van der Waals surface area contributed by atoms with E-state index in [1.807, 2.05) is 46.0 Å². The van der Waals surface area contributed by atoms with Crippen LogP contribution in [0.1, 0.15) is 34.1 Å². The molecule has 0 aromatic carbocycles. The SMILES string of the molecule is CC=COc1cncc(N2CCCN(C(=O)OC(C)(C)C)CC2)c1. The van der Waals surface area contributed by atoms with Crippen LogP contribution >= 0.6 is 0 Å². The van der Waals surface area contributed by atoms with Gasteiger partial charge in [-0.1, -0.05) is 6.08 Å². The Labute approximate surface area is 144 Å². The summed E-state index contributed by atoms with van der Waals surface area (Å²) in [6.07, 6.45) is 7.62. The molecule has 1 amide bonds. The number of hydrogen-bond acceptors (Lipinski definition) is 5. The Bertz CT molecular complexity index is 581. The van der Waals surface area contributed by atoms with Gasteiger partial charge in [0, 0.05) is 32.2 Å². The fraction of sp³-hybridized carbons (Fsp3) is 0.556. The van der Waals surface area contributed by atoms with Crippen LogP contribution in [-0.2, 0) is 4.74 Å². The van der Waals surface area contributed by atoms with Crippen LogP contribution in [0.5, 0.6) is 5.75 Å². The maximum Gasteiger partial charge on any atom is 0.410 e. The molecule has 1 aliphatic heterocycles. The Morgan fingerprint density at radius 1 is 1.21 bits per heavy atom. The molecule has 0 spiro atoms. The van der Waals surface area contributed by atoms with E-state index in [0.717, 1.165) is 25.2 Å². The van der Waals surface area contributed by atoms with Crippen molar-refractivity contribution in [3.63, 3.8) is 0 Å². The molecule has 0 atom stereocenters. The third kappa shape index (κ3) is 5.44. The number of aromatic nitrogens is 1. The molecule has 6 heteroatoms. The van der Waals surface area contributed by atoms with Crippen molar-refractivity contribution >= 4 is 11.8 Å². The maximum absolute atomic E-state index is 12.2. The molecule has 1 aromatic heterocycles. The summed E-state index contributed by atoms with van der Waals surface area (Å²) in [6, 6.07) is 1.97. The van der Waals surface area contributed by atoms with Crippen molar-refractivity contribution in [3.8, 4) is 5.75 Å². The second-order valence-electron chi connectivity index (χ2n) is 6.77. The first-order valence-electron chi connectivity index (χ1n) is 8.35. The largest absolute Gasteiger partial charge is 0.464 e. The number of anilines is 1. The van der Waals surface area contributed by atoms with Crippen LogP contribution in [0.3, 0.4) is 0 Å². The van der Waals surface area contributed by atoms with Gasteiger partial charge in [-0.2, -0.15) is 0 Å². The Balaban J connectivity index is 1.99. The second-order valence-corrected chi connectivity index (χ2v) is 6.77. The fourth-order valence-electron chi connectivity index (χ4n) is 2.48. The minimum absolute atomic E-state index is 0.243. The van der Waals surface area contributed by atoms with Crippen molar-refractivity contribution in [2.75, 3.05) is 31.1 Å². The lowest BCUT2D eigenvalue weighted by Crippen LogP contribution is -2.39. The lowest BCUT2D eigenvalue weighted by atomic mass is 10.2. The molecule has 132 valence electrons. The van der Waals surface area contributed by atoms with E-state index in [2.05, 4.69) is 9.88 Å². The molecule has 0 aliphatic carbocycles. The van der Waals surface area contributed by atoms with Gasteiger partial charge in [-0.25, -0.2) is 4.79 Å². The molecule has 1 saturated heterocycles. The first-order chi connectivity index (χ1) is 11.4. The number of allylic oxidation sites excluding steroid dienone is 1. The zero-order valence-electron chi connectivity index (χ0n) is 15.0. The van der Waals surface area contributed by atoms with Gasteiger partial charge in [-0.15, -0.1) is 0 Å². The molecule has 0 saturated carbocycles. The number of amides is 1. The maximum atomic E-state index is 12.2. The second kappa shape index (κ2) is 8.04. The van der Waals surface area contributed by atoms with Gasteiger partial charge in [0.2, 0.25) is 0 Å². The van der Waals surface area contributed by atoms with Crippen molar-refractivity contribution in [2.24, 2.45) is 0 Å². The molecule has 1 aliphatic rings. The molecular weight excluding hydrogens is 306 g/mol. The van der Waals surface area contributed by atoms with E-state index in [1.165, 1.54) is 0 Å². The standard InChI is InChI=1S/C18H27N3O3/c1-5-11-23-16-12-15(13-19-14-16)20-7-6-8-21(10-9-20)17(22)24-18(2,3)4/h5,11-14H,6-10H2,1-4H3. The van der Waals surface area contributed by atoms with Crippen LogP contribution in [0.2, 0.25) is 0 Å². The minimum Gasteiger partial charge on any atom is -0.464 e. The van der Waals surface area contributed by atoms with Gasteiger partial charge in [0.25, 0.3) is 0 Å². The van der Waals surface area contributed by atoms with Crippen molar-refractivity contribution in [1.29, 1.82) is 0 Å². The van der Waals surface area contributed by atoms with E-state index < -0.39 is 5.60 Å². The predicted molar refractivity (Wildman–Crippen MR) is 94.3 cm³/mol. The van der Waals surface area contributed by atoms with Crippen LogP contribution < -0.4 is 9.64 Å². The number of ether oxygens (including phenoxy) is 2. The van der Waals surface area contributed by atoms with E-state index >= 15 is 0 Å². The first kappa shape index (κ1) is 18.1. The van der Waals surface area contributed by atoms with Crippen LogP contribution in [0.25, 0.3) is 0 Å². The lowest BCUT2D eigenvalue weighted by Gasteiger charge is -2.26. The molecular formula is C18H27N3O3. The van der Waals surface area contributed by atoms with E-state index in [0.29, 0.717) is 18.8 Å². The minimum atomic E-state index is -0.467. The summed E-state index contributed by atoms with van der Waals surface area (Å²) in [4.78, 5) is 20.5. The summed E-state index contributed by atoms with van der Waals surface area (Å²) in [5.41, 5.74) is 0.536. The van der Waals surface area contributed by atoms with Crippen LogP contribution in [-0.4, -0.2) is 47.8 Å². The summed E-state index contributed by atoms with van der Waals surface area (Å²) in [7, 11) is 0. The monoisotopic (exact) mass is 333 g/mol. The predicted octanol–water partition coefficient (Wildman–Crippen LogP) is 3.44. The van der Waals surface area contributed by atoms with Crippen molar-refractivity contribution in [3.05, 3.63) is 30.8 Å². The molecule has 2 rings (SSSR count). The molecule has 24 heavy (non-hydrogen) atoms. The molecule has 0 unspecified atom stereocenters. The van der Waals surface area contributed by atoms with E-state index in [1.54, 1.807) is 17.4 Å². The average molecular weight is 333 g/mol. The van der Waals surface area contributed by atoms with Gasteiger partial charge in [0.15, 0.2) is 0 Å². The Hall–Kier alpha value is -2.24. The molecule has 0 bridgehead atoms. The highest BCUT2D eigenvalue weighted by Gasteiger charge is 2.24. The zero-order chi connectivity index (χ0) is 17.6. The van der Waals surface area contributed by atoms with E-state index in [4.69, 9.17) is 9.47 Å². The topological polar surface area (TPSA) is 54.9 Å². The zero-order valence-corrected chi connectivity index (χ0v) is 15.0. The number of rotatable bonds is 3. The van der Waals surface area contributed by atoms with Crippen molar-refractivity contribution < 1.29 is 14.3 Å². The molecule has 0 radical (unpaired) electrons. The average Bonchev–Trinajstić information content (AvgIpc) is 2.78.